The zero-order valence-corrected chi connectivity index (χ0v) is 24.1. The third-order valence-corrected chi connectivity index (χ3v) is 12.2. The minimum absolute atomic E-state index is 0.0573. The van der Waals surface area contributed by atoms with Crippen molar-refractivity contribution in [2.24, 2.45) is 46.3 Å². The summed E-state index contributed by atoms with van der Waals surface area (Å²) in [5.74, 6) is 2.73. The summed E-state index contributed by atoms with van der Waals surface area (Å²) in [6, 6.07) is 7.02. The molecular weight excluding hydrogens is 490 g/mol. The Hall–Kier alpha value is -1.76. The molecule has 6 nitrogen and oxygen atoms in total. The van der Waals surface area contributed by atoms with Crippen LogP contribution in [-0.4, -0.2) is 45.8 Å². The fraction of sp³-hybridized carbons (Fsp3) is 0.758. The second-order valence-corrected chi connectivity index (χ2v) is 14.0. The minimum atomic E-state index is -0.498. The van der Waals surface area contributed by atoms with E-state index in [1.165, 1.54) is 25.7 Å². The van der Waals surface area contributed by atoms with E-state index in [9.17, 15) is 19.8 Å². The standard InChI is InChI=1S/C33H49NO5/c1-20(4-11-30(39)34-18-21-5-7-22(8-6-21)29(38)19-35)25-9-10-26-31-27(13-15-33(25,26)3)32(2)14-12-24(36)16-23(32)17-28(31)37/h5-8,20,23-28,31,35-37H,4,9-19H2,1-3H3,(H,34,39)/t20-,23+,24-,25-,26+,27+,28+,31+,32+,33-/m1/s1. The van der Waals surface area contributed by atoms with E-state index in [1.807, 2.05) is 12.1 Å². The predicted octanol–water partition coefficient (Wildman–Crippen LogP) is 4.88. The highest BCUT2D eigenvalue weighted by atomic mass is 16.3. The summed E-state index contributed by atoms with van der Waals surface area (Å²) in [7, 11) is 0. The van der Waals surface area contributed by atoms with Crippen LogP contribution in [0.4, 0.5) is 0 Å². The normalized spacial score (nSPS) is 40.2. The summed E-state index contributed by atoms with van der Waals surface area (Å²) < 4.78 is 0. The van der Waals surface area contributed by atoms with E-state index in [-0.39, 0.29) is 34.7 Å². The Kier molecular flexibility index (Phi) is 8.30. The summed E-state index contributed by atoms with van der Waals surface area (Å²) in [6.45, 7) is 7.21. The van der Waals surface area contributed by atoms with Crippen molar-refractivity contribution in [2.75, 3.05) is 6.61 Å². The van der Waals surface area contributed by atoms with Gasteiger partial charge in [0.1, 0.15) is 6.61 Å². The average molecular weight is 540 g/mol. The van der Waals surface area contributed by atoms with E-state index in [1.54, 1.807) is 12.1 Å². The van der Waals surface area contributed by atoms with Gasteiger partial charge in [-0.2, -0.15) is 0 Å². The molecule has 6 heteroatoms. The number of ketones is 1. The number of carbonyl (C=O) groups excluding carboxylic acids is 2. The van der Waals surface area contributed by atoms with Crippen molar-refractivity contribution in [1.82, 2.24) is 5.32 Å². The van der Waals surface area contributed by atoms with E-state index in [4.69, 9.17) is 5.11 Å². The summed E-state index contributed by atoms with van der Waals surface area (Å²) in [5.41, 5.74) is 1.89. The Labute approximate surface area is 234 Å². The van der Waals surface area contributed by atoms with Crippen LogP contribution in [0, 0.1) is 46.3 Å². The molecule has 4 aliphatic rings. The molecule has 0 spiro atoms. The van der Waals surface area contributed by atoms with Crippen LogP contribution in [0.3, 0.4) is 0 Å². The fourth-order valence-corrected chi connectivity index (χ4v) is 9.92. The molecule has 5 rings (SSSR count). The van der Waals surface area contributed by atoms with Gasteiger partial charge in [0.05, 0.1) is 12.2 Å². The van der Waals surface area contributed by atoms with Gasteiger partial charge in [-0.15, -0.1) is 0 Å². The summed E-state index contributed by atoms with van der Waals surface area (Å²) in [5, 5.41) is 33.8. The number of hydrogen-bond donors (Lipinski definition) is 4. The van der Waals surface area contributed by atoms with Gasteiger partial charge in [0.15, 0.2) is 5.78 Å². The van der Waals surface area contributed by atoms with Crippen LogP contribution in [-0.2, 0) is 11.3 Å². The van der Waals surface area contributed by atoms with Crippen LogP contribution in [0.25, 0.3) is 0 Å². The van der Waals surface area contributed by atoms with Crippen molar-refractivity contribution < 1.29 is 24.9 Å². The Balaban J connectivity index is 1.16. The molecule has 39 heavy (non-hydrogen) atoms. The first-order valence-corrected chi connectivity index (χ1v) is 15.4. The molecule has 0 radical (unpaired) electrons. The Bertz CT molecular complexity index is 1040. The van der Waals surface area contributed by atoms with Crippen molar-refractivity contribution in [1.29, 1.82) is 0 Å². The molecule has 0 bridgehead atoms. The molecule has 1 aromatic carbocycles. The zero-order chi connectivity index (χ0) is 27.9. The van der Waals surface area contributed by atoms with Crippen molar-refractivity contribution in [3.63, 3.8) is 0 Å². The molecule has 0 aliphatic heterocycles. The molecule has 216 valence electrons. The molecule has 0 unspecified atom stereocenters. The van der Waals surface area contributed by atoms with E-state index in [0.29, 0.717) is 54.0 Å². The van der Waals surface area contributed by atoms with Crippen LogP contribution in [0.15, 0.2) is 24.3 Å². The number of fused-ring (bicyclic) bond motifs is 5. The molecule has 0 heterocycles. The second-order valence-electron chi connectivity index (χ2n) is 14.0. The summed E-state index contributed by atoms with van der Waals surface area (Å²) in [6.07, 6.45) is 9.42. The van der Waals surface area contributed by atoms with E-state index >= 15 is 0 Å². The van der Waals surface area contributed by atoms with Gasteiger partial charge in [-0.3, -0.25) is 9.59 Å². The highest BCUT2D eigenvalue weighted by molar-refractivity contribution is 5.96. The number of amides is 1. The van der Waals surface area contributed by atoms with Gasteiger partial charge in [-0.05, 0) is 110 Å². The predicted molar refractivity (Wildman–Crippen MR) is 151 cm³/mol. The first-order chi connectivity index (χ1) is 18.6. The van der Waals surface area contributed by atoms with E-state index in [0.717, 1.165) is 37.7 Å². The third kappa shape index (κ3) is 5.34. The van der Waals surface area contributed by atoms with Gasteiger partial charge < -0.3 is 20.6 Å². The monoisotopic (exact) mass is 539 g/mol. The minimum Gasteiger partial charge on any atom is -0.393 e. The molecule has 1 amide bonds. The van der Waals surface area contributed by atoms with Gasteiger partial charge in [0.25, 0.3) is 0 Å². The molecule has 1 aromatic rings. The molecule has 10 atom stereocenters. The smallest absolute Gasteiger partial charge is 0.220 e. The maximum absolute atomic E-state index is 12.7. The highest BCUT2D eigenvalue weighted by Gasteiger charge is 2.62. The SMILES string of the molecule is C[C@H](CCC(=O)NCc1ccc(C(=O)CO)cc1)[C@H]1CC[C@H]2[C@@H]3[C@@H](O)C[C@@H]4C[C@H](O)CC[C@]4(C)[C@H]3CC[C@]12C. The van der Waals surface area contributed by atoms with Gasteiger partial charge in [-0.1, -0.05) is 45.0 Å². The van der Waals surface area contributed by atoms with Crippen LogP contribution in [0.2, 0.25) is 0 Å². The molecule has 4 N–H and O–H groups in total. The lowest BCUT2D eigenvalue weighted by Gasteiger charge is -2.62. The molecule has 4 aliphatic carbocycles. The number of Topliss-reactive ketones (excluding diaryl/α,β-unsaturated/α-hetero) is 1. The molecule has 4 fully saturated rings. The first kappa shape index (κ1) is 28.8. The van der Waals surface area contributed by atoms with E-state index < -0.39 is 6.61 Å². The average Bonchev–Trinajstić information content (AvgIpc) is 3.28. The largest absolute Gasteiger partial charge is 0.393 e. The molecule has 0 saturated heterocycles. The Morgan fingerprint density at radius 2 is 1.67 bits per heavy atom. The van der Waals surface area contributed by atoms with Crippen LogP contribution < -0.4 is 5.32 Å². The fourth-order valence-electron chi connectivity index (χ4n) is 9.92. The maximum Gasteiger partial charge on any atom is 0.220 e. The van der Waals surface area contributed by atoms with Gasteiger partial charge in [-0.25, -0.2) is 0 Å². The van der Waals surface area contributed by atoms with Gasteiger partial charge in [0.2, 0.25) is 5.91 Å². The molecular formula is C33H49NO5. The van der Waals surface area contributed by atoms with Gasteiger partial charge >= 0.3 is 0 Å². The lowest BCUT2D eigenvalue weighted by atomic mass is 9.43. The van der Waals surface area contributed by atoms with Crippen molar-refractivity contribution in [3.8, 4) is 0 Å². The maximum atomic E-state index is 12.7. The van der Waals surface area contributed by atoms with Crippen molar-refractivity contribution in [3.05, 3.63) is 35.4 Å². The topological polar surface area (TPSA) is 107 Å². The third-order valence-electron chi connectivity index (χ3n) is 12.2. The highest BCUT2D eigenvalue weighted by Crippen LogP contribution is 2.68. The number of benzene rings is 1. The van der Waals surface area contributed by atoms with Crippen molar-refractivity contribution >= 4 is 11.7 Å². The van der Waals surface area contributed by atoms with Crippen molar-refractivity contribution in [2.45, 2.75) is 104 Å². The van der Waals surface area contributed by atoms with Crippen LogP contribution in [0.5, 0.6) is 0 Å². The van der Waals surface area contributed by atoms with E-state index in [2.05, 4.69) is 26.1 Å². The first-order valence-electron chi connectivity index (χ1n) is 15.4. The number of rotatable bonds is 8. The lowest BCUT2D eigenvalue weighted by Crippen LogP contribution is -2.58. The second kappa shape index (κ2) is 11.3. The Morgan fingerprint density at radius 3 is 2.38 bits per heavy atom. The van der Waals surface area contributed by atoms with Gasteiger partial charge in [0, 0.05) is 18.5 Å². The summed E-state index contributed by atoms with van der Waals surface area (Å²) in [4.78, 5) is 24.3. The lowest BCUT2D eigenvalue weighted by molar-refractivity contribution is -0.174. The Morgan fingerprint density at radius 1 is 0.974 bits per heavy atom. The summed E-state index contributed by atoms with van der Waals surface area (Å²) >= 11 is 0. The zero-order valence-electron chi connectivity index (χ0n) is 24.1. The molecule has 0 aromatic heterocycles. The number of nitrogens with one attached hydrogen (secondary N) is 1. The number of aliphatic hydroxyl groups excluding tert-OH is 3. The quantitative estimate of drug-likeness (QED) is 0.352. The number of aliphatic hydroxyl groups is 3. The van der Waals surface area contributed by atoms with Crippen LogP contribution in [0.1, 0.15) is 101 Å². The van der Waals surface area contributed by atoms with Crippen LogP contribution >= 0.6 is 0 Å². The number of carbonyl (C=O) groups is 2. The number of hydrogen-bond acceptors (Lipinski definition) is 5. The molecule has 4 saturated carbocycles.